The van der Waals surface area contributed by atoms with E-state index in [1.807, 2.05) is 36.7 Å². The molecule has 0 saturated carbocycles. The van der Waals surface area contributed by atoms with E-state index in [0.717, 1.165) is 27.6 Å². The van der Waals surface area contributed by atoms with Crippen LogP contribution in [0.15, 0.2) is 73.2 Å². The van der Waals surface area contributed by atoms with Crippen molar-refractivity contribution in [3.8, 4) is 22.4 Å². The van der Waals surface area contributed by atoms with Gasteiger partial charge in [0.05, 0.1) is 11.9 Å². The molecule has 8 heteroatoms. The Balaban J connectivity index is 1.32. The fraction of sp³-hybridized carbons (Fsp3) is 0.115. The largest absolute Gasteiger partial charge is 0.361 e. The van der Waals surface area contributed by atoms with Gasteiger partial charge in [-0.3, -0.25) is 14.6 Å². The summed E-state index contributed by atoms with van der Waals surface area (Å²) >= 11 is 0. The summed E-state index contributed by atoms with van der Waals surface area (Å²) in [7, 11) is 0. The minimum absolute atomic E-state index is 0.126. The summed E-state index contributed by atoms with van der Waals surface area (Å²) in [6.45, 7) is 2.19. The van der Waals surface area contributed by atoms with Gasteiger partial charge in [0.1, 0.15) is 5.52 Å². The number of hydrogen-bond acceptors (Lipinski definition) is 5. The van der Waals surface area contributed by atoms with E-state index in [0.29, 0.717) is 35.5 Å². The van der Waals surface area contributed by atoms with Crippen LogP contribution in [-0.2, 0) is 4.79 Å². The lowest BCUT2D eigenvalue weighted by Gasteiger charge is -2.07. The number of rotatable bonds is 6. The van der Waals surface area contributed by atoms with Crippen molar-refractivity contribution in [3.05, 3.63) is 78.8 Å². The smallest absolute Gasteiger partial charge is 0.251 e. The van der Waals surface area contributed by atoms with Crippen molar-refractivity contribution in [2.75, 3.05) is 13.1 Å². The molecule has 34 heavy (non-hydrogen) atoms. The van der Waals surface area contributed by atoms with E-state index >= 15 is 0 Å². The summed E-state index contributed by atoms with van der Waals surface area (Å²) in [5.41, 5.74) is 6.46. The minimum atomic E-state index is -0.200. The number of H-pyrrole nitrogens is 1. The zero-order valence-electron chi connectivity index (χ0n) is 18.5. The highest BCUT2D eigenvalue weighted by Crippen LogP contribution is 2.26. The number of pyridine rings is 1. The highest BCUT2D eigenvalue weighted by Gasteiger charge is 2.09. The average Bonchev–Trinajstić information content (AvgIpc) is 3.34. The van der Waals surface area contributed by atoms with Crippen LogP contribution in [0.2, 0.25) is 0 Å². The average molecular weight is 451 g/mol. The summed E-state index contributed by atoms with van der Waals surface area (Å²) in [5.74, 6) is -0.326. The number of nitrogens with one attached hydrogen (secondary N) is 3. The van der Waals surface area contributed by atoms with Crippen molar-refractivity contribution in [3.63, 3.8) is 0 Å². The number of carbonyl (C=O) groups is 2. The molecule has 3 aromatic heterocycles. The van der Waals surface area contributed by atoms with Crippen molar-refractivity contribution < 1.29 is 9.59 Å². The molecule has 5 rings (SSSR count). The van der Waals surface area contributed by atoms with Gasteiger partial charge in [0.25, 0.3) is 5.91 Å². The van der Waals surface area contributed by atoms with Crippen LogP contribution in [0, 0.1) is 0 Å². The highest BCUT2D eigenvalue weighted by atomic mass is 16.2. The molecule has 0 radical (unpaired) electrons. The highest BCUT2D eigenvalue weighted by molar-refractivity contribution is 5.94. The fourth-order valence-corrected chi connectivity index (χ4v) is 3.74. The minimum Gasteiger partial charge on any atom is -0.361 e. The predicted molar refractivity (Wildman–Crippen MR) is 131 cm³/mol. The quantitative estimate of drug-likeness (QED) is 0.342. The lowest BCUT2D eigenvalue weighted by Crippen LogP contribution is -2.33. The Hall–Kier alpha value is -4.59. The van der Waals surface area contributed by atoms with Gasteiger partial charge in [0, 0.05) is 54.6 Å². The van der Waals surface area contributed by atoms with Gasteiger partial charge in [-0.25, -0.2) is 9.97 Å². The van der Waals surface area contributed by atoms with Gasteiger partial charge in [0.2, 0.25) is 5.91 Å². The van der Waals surface area contributed by atoms with E-state index in [1.165, 1.54) is 6.92 Å². The van der Waals surface area contributed by atoms with Gasteiger partial charge in [-0.1, -0.05) is 18.2 Å². The number of amides is 2. The third kappa shape index (κ3) is 4.47. The molecule has 0 unspecified atom stereocenters. The molecule has 3 N–H and O–H groups in total. The lowest BCUT2D eigenvalue weighted by molar-refractivity contribution is -0.118. The summed E-state index contributed by atoms with van der Waals surface area (Å²) in [6.07, 6.45) is 5.45. The van der Waals surface area contributed by atoms with Crippen molar-refractivity contribution in [2.24, 2.45) is 0 Å². The Morgan fingerprint density at radius 3 is 2.47 bits per heavy atom. The molecule has 0 atom stereocenters. The molecular weight excluding hydrogens is 428 g/mol. The molecule has 3 heterocycles. The molecule has 0 bridgehead atoms. The predicted octanol–water partition coefficient (Wildman–Crippen LogP) is 3.71. The number of benzene rings is 2. The van der Waals surface area contributed by atoms with Gasteiger partial charge in [0.15, 0.2) is 5.65 Å². The van der Waals surface area contributed by atoms with E-state index in [-0.39, 0.29) is 11.8 Å². The first kappa shape index (κ1) is 21.3. The van der Waals surface area contributed by atoms with Crippen molar-refractivity contribution in [1.29, 1.82) is 0 Å². The molecular formula is C26H22N6O2. The second-order valence-electron chi connectivity index (χ2n) is 7.92. The number of aromatic amines is 1. The molecule has 2 amide bonds. The van der Waals surface area contributed by atoms with Crippen LogP contribution < -0.4 is 10.6 Å². The van der Waals surface area contributed by atoms with Gasteiger partial charge in [-0.05, 0) is 47.3 Å². The summed E-state index contributed by atoms with van der Waals surface area (Å²) < 4.78 is 0. The summed E-state index contributed by atoms with van der Waals surface area (Å²) in [6, 6.07) is 17.4. The number of fused-ring (bicyclic) bond motifs is 2. The Labute approximate surface area is 195 Å². The van der Waals surface area contributed by atoms with Crippen LogP contribution in [-0.4, -0.2) is 44.8 Å². The molecule has 5 aromatic rings. The Kier molecular flexibility index (Phi) is 5.70. The van der Waals surface area contributed by atoms with Gasteiger partial charge in [-0.15, -0.1) is 0 Å². The standard InChI is InChI=1S/C26H22N6O2/c1-16(33)27-10-11-29-26(34)18-4-2-17(3-5-18)24-15-30-23-13-21(14-31-25(23)32-24)19-6-7-22-20(12-19)8-9-28-22/h2-9,12-15,28H,10-11H2,1H3,(H,27,33)(H,29,34). The maximum Gasteiger partial charge on any atom is 0.251 e. The van der Waals surface area contributed by atoms with E-state index in [4.69, 9.17) is 0 Å². The number of carbonyl (C=O) groups excluding carboxylic acids is 2. The summed E-state index contributed by atoms with van der Waals surface area (Å²) in [4.78, 5) is 40.1. The van der Waals surface area contributed by atoms with E-state index < -0.39 is 0 Å². The monoisotopic (exact) mass is 450 g/mol. The van der Waals surface area contributed by atoms with Crippen LogP contribution in [0.4, 0.5) is 0 Å². The van der Waals surface area contributed by atoms with Gasteiger partial charge in [-0.2, -0.15) is 0 Å². The van der Waals surface area contributed by atoms with Crippen molar-refractivity contribution in [2.45, 2.75) is 6.92 Å². The van der Waals surface area contributed by atoms with Crippen LogP contribution >= 0.6 is 0 Å². The first-order valence-electron chi connectivity index (χ1n) is 10.9. The maximum absolute atomic E-state index is 12.3. The van der Waals surface area contributed by atoms with Crippen LogP contribution in [0.25, 0.3) is 44.5 Å². The third-order valence-electron chi connectivity index (χ3n) is 5.51. The maximum atomic E-state index is 12.3. The Morgan fingerprint density at radius 2 is 1.65 bits per heavy atom. The van der Waals surface area contributed by atoms with E-state index in [2.05, 4.69) is 48.8 Å². The van der Waals surface area contributed by atoms with Gasteiger partial charge < -0.3 is 15.6 Å². The molecule has 0 fully saturated rings. The fourth-order valence-electron chi connectivity index (χ4n) is 3.74. The second-order valence-corrected chi connectivity index (χ2v) is 7.92. The number of aromatic nitrogens is 4. The molecule has 0 spiro atoms. The third-order valence-corrected chi connectivity index (χ3v) is 5.51. The van der Waals surface area contributed by atoms with Crippen LogP contribution in [0.5, 0.6) is 0 Å². The van der Waals surface area contributed by atoms with Crippen LogP contribution in [0.1, 0.15) is 17.3 Å². The van der Waals surface area contributed by atoms with Crippen molar-refractivity contribution in [1.82, 2.24) is 30.6 Å². The Bertz CT molecular complexity index is 1510. The zero-order chi connectivity index (χ0) is 23.5. The molecule has 0 aliphatic heterocycles. The van der Waals surface area contributed by atoms with Crippen molar-refractivity contribution >= 4 is 33.9 Å². The SMILES string of the molecule is CC(=O)NCCNC(=O)c1ccc(-c2cnc3cc(-c4ccc5[nH]ccc5c4)cnc3n2)cc1. The normalized spacial score (nSPS) is 11.0. The molecule has 0 saturated heterocycles. The Morgan fingerprint density at radius 1 is 0.853 bits per heavy atom. The van der Waals surface area contributed by atoms with E-state index in [1.54, 1.807) is 18.3 Å². The number of nitrogens with zero attached hydrogens (tertiary/aromatic N) is 3. The summed E-state index contributed by atoms with van der Waals surface area (Å²) in [5, 5.41) is 6.55. The molecule has 168 valence electrons. The second kappa shape index (κ2) is 9.11. The zero-order valence-corrected chi connectivity index (χ0v) is 18.5. The lowest BCUT2D eigenvalue weighted by atomic mass is 10.1. The van der Waals surface area contributed by atoms with E-state index in [9.17, 15) is 9.59 Å². The molecule has 0 aliphatic rings. The van der Waals surface area contributed by atoms with Crippen LogP contribution in [0.3, 0.4) is 0 Å². The molecule has 8 nitrogen and oxygen atoms in total. The topological polar surface area (TPSA) is 113 Å². The molecule has 2 aromatic carbocycles. The molecule has 0 aliphatic carbocycles. The first-order chi connectivity index (χ1) is 16.6. The number of hydrogen-bond donors (Lipinski definition) is 3. The van der Waals surface area contributed by atoms with Gasteiger partial charge >= 0.3 is 0 Å². The first-order valence-corrected chi connectivity index (χ1v) is 10.9.